The van der Waals surface area contributed by atoms with E-state index in [0.29, 0.717) is 18.0 Å². The van der Waals surface area contributed by atoms with E-state index in [4.69, 9.17) is 21.7 Å². The second-order valence-electron chi connectivity index (χ2n) is 3.94. The third-order valence-corrected chi connectivity index (χ3v) is 2.95. The Morgan fingerprint density at radius 1 is 1.24 bits per heavy atom. The van der Waals surface area contributed by atoms with Crippen LogP contribution >= 0.6 is 12.2 Å². The van der Waals surface area contributed by atoms with Crippen molar-refractivity contribution in [2.45, 2.75) is 6.92 Å². The first kappa shape index (κ1) is 10.4. The van der Waals surface area contributed by atoms with E-state index in [0.717, 1.165) is 22.9 Å². The zero-order valence-corrected chi connectivity index (χ0v) is 10.2. The number of nitrogens with one attached hydrogen (secondary N) is 1. The minimum Gasteiger partial charge on any atom is -0.486 e. The number of aromatic nitrogens is 2. The van der Waals surface area contributed by atoms with Gasteiger partial charge in [0, 0.05) is 18.0 Å². The van der Waals surface area contributed by atoms with E-state index in [1.165, 1.54) is 0 Å². The number of imidazole rings is 1. The molecular weight excluding hydrogens is 236 g/mol. The SMILES string of the molecule is Cc1cn(-c2ccc3c(c2)OCCO3)c(=S)[nH]1. The summed E-state index contributed by atoms with van der Waals surface area (Å²) in [4.78, 5) is 3.09. The number of aryl methyl sites for hydroxylation is 1. The molecule has 1 aliphatic heterocycles. The quantitative estimate of drug-likeness (QED) is 0.788. The van der Waals surface area contributed by atoms with Gasteiger partial charge in [-0.15, -0.1) is 0 Å². The van der Waals surface area contributed by atoms with Crippen molar-refractivity contribution in [1.29, 1.82) is 0 Å². The number of hydrogen-bond acceptors (Lipinski definition) is 3. The molecule has 1 aromatic carbocycles. The minimum absolute atomic E-state index is 0.591. The standard InChI is InChI=1S/C12H12N2O2S/c1-8-7-14(12(17)13-8)9-2-3-10-11(6-9)16-5-4-15-10/h2-3,6-7H,4-5H2,1H3,(H,13,17). The smallest absolute Gasteiger partial charge is 0.181 e. The summed E-state index contributed by atoms with van der Waals surface area (Å²) in [6.45, 7) is 3.17. The van der Waals surface area contributed by atoms with Crippen LogP contribution in [0.4, 0.5) is 0 Å². The lowest BCUT2D eigenvalue weighted by Crippen LogP contribution is -2.15. The van der Waals surface area contributed by atoms with Crippen LogP contribution in [0.25, 0.3) is 5.69 Å². The van der Waals surface area contributed by atoms with Crippen molar-refractivity contribution in [3.63, 3.8) is 0 Å². The molecular formula is C12H12N2O2S. The summed E-state index contributed by atoms with van der Waals surface area (Å²) in [7, 11) is 0. The maximum atomic E-state index is 5.55. The van der Waals surface area contributed by atoms with Crippen molar-refractivity contribution in [3.05, 3.63) is 34.9 Å². The zero-order valence-electron chi connectivity index (χ0n) is 9.40. The maximum Gasteiger partial charge on any atom is 0.181 e. The summed E-state index contributed by atoms with van der Waals surface area (Å²) in [5.41, 5.74) is 2.01. The molecule has 3 rings (SSSR count). The highest BCUT2D eigenvalue weighted by atomic mass is 32.1. The predicted octanol–water partition coefficient (Wildman–Crippen LogP) is 2.61. The molecule has 17 heavy (non-hydrogen) atoms. The summed E-state index contributed by atoms with van der Waals surface area (Å²) in [5.74, 6) is 1.56. The van der Waals surface area contributed by atoms with E-state index in [9.17, 15) is 0 Å². The Kier molecular flexibility index (Phi) is 2.40. The normalized spacial score (nSPS) is 13.7. The van der Waals surface area contributed by atoms with Crippen LogP contribution in [-0.4, -0.2) is 22.8 Å². The van der Waals surface area contributed by atoms with Crippen LogP contribution in [0.15, 0.2) is 24.4 Å². The molecule has 2 heterocycles. The molecule has 0 aliphatic carbocycles. The number of H-pyrrole nitrogens is 1. The van der Waals surface area contributed by atoms with Gasteiger partial charge in [0.1, 0.15) is 13.2 Å². The molecule has 1 N–H and O–H groups in total. The number of fused-ring (bicyclic) bond motifs is 1. The Labute approximate surface area is 104 Å². The lowest BCUT2D eigenvalue weighted by molar-refractivity contribution is 0.171. The number of ether oxygens (including phenoxy) is 2. The molecule has 0 fully saturated rings. The summed E-state index contributed by atoms with van der Waals surface area (Å²) in [6, 6.07) is 5.82. The molecule has 4 nitrogen and oxygen atoms in total. The van der Waals surface area contributed by atoms with Crippen LogP contribution in [0, 0.1) is 11.7 Å². The third-order valence-electron chi connectivity index (χ3n) is 2.65. The van der Waals surface area contributed by atoms with Gasteiger partial charge in [0.25, 0.3) is 0 Å². The highest BCUT2D eigenvalue weighted by molar-refractivity contribution is 7.71. The van der Waals surface area contributed by atoms with Gasteiger partial charge < -0.3 is 14.5 Å². The van der Waals surface area contributed by atoms with E-state index >= 15 is 0 Å². The van der Waals surface area contributed by atoms with Gasteiger partial charge in [-0.3, -0.25) is 4.57 Å². The third kappa shape index (κ3) is 1.82. The van der Waals surface area contributed by atoms with Crippen LogP contribution < -0.4 is 9.47 Å². The molecule has 0 amide bonds. The second kappa shape index (κ2) is 3.92. The fraction of sp³-hybridized carbons (Fsp3) is 0.250. The summed E-state index contributed by atoms with van der Waals surface area (Å²) < 4.78 is 13.6. The van der Waals surface area contributed by atoms with Gasteiger partial charge in [0.15, 0.2) is 16.3 Å². The Morgan fingerprint density at radius 3 is 2.71 bits per heavy atom. The molecule has 0 bridgehead atoms. The van der Waals surface area contributed by atoms with Gasteiger partial charge in [-0.05, 0) is 31.3 Å². The molecule has 0 radical (unpaired) electrons. The van der Waals surface area contributed by atoms with Crippen molar-refractivity contribution in [3.8, 4) is 17.2 Å². The van der Waals surface area contributed by atoms with Crippen molar-refractivity contribution in [2.75, 3.05) is 13.2 Å². The van der Waals surface area contributed by atoms with Crippen molar-refractivity contribution < 1.29 is 9.47 Å². The van der Waals surface area contributed by atoms with E-state index in [1.54, 1.807) is 0 Å². The summed E-state index contributed by atoms with van der Waals surface area (Å²) >= 11 is 5.24. The van der Waals surface area contributed by atoms with E-state index in [1.807, 2.05) is 35.9 Å². The first-order valence-corrected chi connectivity index (χ1v) is 5.83. The monoisotopic (exact) mass is 248 g/mol. The van der Waals surface area contributed by atoms with E-state index < -0.39 is 0 Å². The van der Waals surface area contributed by atoms with Gasteiger partial charge in [-0.25, -0.2) is 0 Å². The fourth-order valence-corrected chi connectivity index (χ4v) is 2.21. The number of benzene rings is 1. The summed E-state index contributed by atoms with van der Waals surface area (Å²) in [5, 5.41) is 0. The summed E-state index contributed by atoms with van der Waals surface area (Å²) in [6.07, 6.45) is 1.97. The number of nitrogens with zero attached hydrogens (tertiary/aromatic N) is 1. The topological polar surface area (TPSA) is 39.2 Å². The van der Waals surface area contributed by atoms with Gasteiger partial charge in [-0.2, -0.15) is 0 Å². The molecule has 5 heteroatoms. The van der Waals surface area contributed by atoms with Gasteiger partial charge >= 0.3 is 0 Å². The molecule has 88 valence electrons. The molecule has 0 saturated carbocycles. The highest BCUT2D eigenvalue weighted by Gasteiger charge is 2.12. The highest BCUT2D eigenvalue weighted by Crippen LogP contribution is 2.32. The number of rotatable bonds is 1. The Balaban J connectivity index is 2.10. The van der Waals surface area contributed by atoms with Gasteiger partial charge in [0.05, 0.1) is 5.69 Å². The van der Waals surface area contributed by atoms with Crippen LogP contribution in [-0.2, 0) is 0 Å². The van der Waals surface area contributed by atoms with Crippen molar-refractivity contribution in [1.82, 2.24) is 9.55 Å². The van der Waals surface area contributed by atoms with E-state index in [-0.39, 0.29) is 0 Å². The lowest BCUT2D eigenvalue weighted by atomic mass is 10.2. The fourth-order valence-electron chi connectivity index (χ4n) is 1.89. The minimum atomic E-state index is 0.591. The Bertz CT molecular complexity index is 615. The molecule has 1 aromatic heterocycles. The second-order valence-corrected chi connectivity index (χ2v) is 4.33. The van der Waals surface area contributed by atoms with Crippen LogP contribution in [0.5, 0.6) is 11.5 Å². The van der Waals surface area contributed by atoms with Gasteiger partial charge in [0.2, 0.25) is 0 Å². The van der Waals surface area contributed by atoms with Crippen LogP contribution in [0.3, 0.4) is 0 Å². The Hall–Kier alpha value is -1.75. The Morgan fingerprint density at radius 2 is 2.00 bits per heavy atom. The maximum absolute atomic E-state index is 5.55. The zero-order chi connectivity index (χ0) is 11.8. The molecule has 0 unspecified atom stereocenters. The average molecular weight is 248 g/mol. The molecule has 1 aliphatic rings. The van der Waals surface area contributed by atoms with Gasteiger partial charge in [-0.1, -0.05) is 0 Å². The number of aromatic amines is 1. The molecule has 0 saturated heterocycles. The molecule has 0 atom stereocenters. The van der Waals surface area contributed by atoms with Crippen molar-refractivity contribution in [2.24, 2.45) is 0 Å². The molecule has 0 spiro atoms. The first-order valence-electron chi connectivity index (χ1n) is 5.42. The predicted molar refractivity (Wildman–Crippen MR) is 66.7 cm³/mol. The first-order chi connectivity index (χ1) is 8.24. The van der Waals surface area contributed by atoms with E-state index in [2.05, 4.69) is 4.98 Å². The average Bonchev–Trinajstić information content (AvgIpc) is 2.68. The lowest BCUT2D eigenvalue weighted by Gasteiger charge is -2.18. The van der Waals surface area contributed by atoms with Crippen LogP contribution in [0.2, 0.25) is 0 Å². The largest absolute Gasteiger partial charge is 0.486 e. The molecule has 2 aromatic rings. The van der Waals surface area contributed by atoms with Crippen molar-refractivity contribution >= 4 is 12.2 Å². The number of hydrogen-bond donors (Lipinski definition) is 1. The van der Waals surface area contributed by atoms with Crippen LogP contribution in [0.1, 0.15) is 5.69 Å².